The standard InChI is InChI=1S/C12H12F6NO6P/c1-3-23-26(22,24-4-2)25-6-5-7(11(13,14)15)19-9(12(16,17)18)8(6)10(20)21/h5H,3-4H2,1-2H3,(H,20,21). The normalized spacial score (nSPS) is 12.9. The van der Waals surface area contributed by atoms with Gasteiger partial charge in [-0.1, -0.05) is 0 Å². The quantitative estimate of drug-likeness (QED) is 0.526. The number of aromatic nitrogens is 1. The van der Waals surface area contributed by atoms with Crippen LogP contribution in [0.2, 0.25) is 0 Å². The Hall–Kier alpha value is -1.85. The number of carbonyl (C=O) groups is 1. The highest BCUT2D eigenvalue weighted by Crippen LogP contribution is 2.51. The minimum atomic E-state index is -5.56. The van der Waals surface area contributed by atoms with E-state index < -0.39 is 48.8 Å². The Labute approximate surface area is 142 Å². The fraction of sp³-hybridized carbons (Fsp3) is 0.500. The van der Waals surface area contributed by atoms with Gasteiger partial charge >= 0.3 is 26.1 Å². The van der Waals surface area contributed by atoms with Gasteiger partial charge in [-0.25, -0.2) is 14.3 Å². The molecule has 0 spiro atoms. The van der Waals surface area contributed by atoms with Crippen LogP contribution in [0.15, 0.2) is 6.07 Å². The first kappa shape index (κ1) is 22.2. The molecule has 14 heteroatoms. The summed E-state index contributed by atoms with van der Waals surface area (Å²) in [4.78, 5) is 13.5. The van der Waals surface area contributed by atoms with Crippen molar-refractivity contribution in [3.8, 4) is 5.75 Å². The fourth-order valence-corrected chi connectivity index (χ4v) is 2.87. The van der Waals surface area contributed by atoms with Crippen LogP contribution in [0.25, 0.3) is 0 Å². The van der Waals surface area contributed by atoms with Gasteiger partial charge in [-0.3, -0.25) is 9.05 Å². The summed E-state index contributed by atoms with van der Waals surface area (Å²) in [5.41, 5.74) is -6.22. The number of nitrogens with zero attached hydrogens (tertiary/aromatic N) is 1. The maximum atomic E-state index is 13.0. The molecule has 148 valence electrons. The molecule has 0 bridgehead atoms. The second-order valence-electron chi connectivity index (χ2n) is 4.40. The van der Waals surface area contributed by atoms with Gasteiger partial charge in [-0.2, -0.15) is 26.3 Å². The summed E-state index contributed by atoms with van der Waals surface area (Å²) in [6.07, 6.45) is -10.9. The van der Waals surface area contributed by atoms with Crippen LogP contribution in [0.5, 0.6) is 5.75 Å². The molecule has 1 aromatic heterocycles. The van der Waals surface area contributed by atoms with Crippen molar-refractivity contribution in [3.05, 3.63) is 23.0 Å². The maximum absolute atomic E-state index is 13.0. The summed E-state index contributed by atoms with van der Waals surface area (Å²) >= 11 is 0. The number of aromatic carboxylic acids is 1. The second-order valence-corrected chi connectivity index (χ2v) is 6.00. The van der Waals surface area contributed by atoms with Crippen LogP contribution in [0.1, 0.15) is 35.6 Å². The molecule has 1 N–H and O–H groups in total. The summed E-state index contributed by atoms with van der Waals surface area (Å²) in [5.74, 6) is -3.80. The van der Waals surface area contributed by atoms with E-state index in [2.05, 4.69) is 18.6 Å². The van der Waals surface area contributed by atoms with Crippen molar-refractivity contribution in [2.24, 2.45) is 0 Å². The molecule has 0 unspecified atom stereocenters. The van der Waals surface area contributed by atoms with Crippen LogP contribution < -0.4 is 4.52 Å². The Morgan fingerprint density at radius 2 is 1.62 bits per heavy atom. The lowest BCUT2D eigenvalue weighted by Crippen LogP contribution is -2.21. The number of phosphoric acid groups is 1. The molecule has 0 aliphatic heterocycles. The lowest BCUT2D eigenvalue weighted by atomic mass is 10.1. The van der Waals surface area contributed by atoms with Crippen LogP contribution in [0.3, 0.4) is 0 Å². The van der Waals surface area contributed by atoms with E-state index in [1.165, 1.54) is 13.8 Å². The number of hydrogen-bond donors (Lipinski definition) is 1. The van der Waals surface area contributed by atoms with E-state index in [0.29, 0.717) is 0 Å². The molecule has 0 amide bonds. The minimum Gasteiger partial charge on any atom is -0.477 e. The minimum absolute atomic E-state index is 0.122. The highest BCUT2D eigenvalue weighted by molar-refractivity contribution is 7.48. The van der Waals surface area contributed by atoms with Gasteiger partial charge in [0.2, 0.25) is 0 Å². The average molecular weight is 411 g/mol. The number of pyridine rings is 1. The van der Waals surface area contributed by atoms with Crippen molar-refractivity contribution in [2.75, 3.05) is 13.2 Å². The summed E-state index contributed by atoms with van der Waals surface area (Å²) in [6.45, 7) is 1.90. The number of halogens is 6. The van der Waals surface area contributed by atoms with Gasteiger partial charge in [-0.15, -0.1) is 0 Å². The van der Waals surface area contributed by atoms with Crippen LogP contribution in [0.4, 0.5) is 26.3 Å². The molecular formula is C12H12F6NO6P. The number of carboxylic acid groups (broad SMARTS) is 1. The Balaban J connectivity index is 3.72. The third kappa shape index (κ3) is 5.32. The number of hydrogen-bond acceptors (Lipinski definition) is 6. The summed E-state index contributed by atoms with van der Waals surface area (Å²) in [5, 5.41) is 8.99. The number of carboxylic acids is 1. The molecule has 0 saturated carbocycles. The third-order valence-corrected chi connectivity index (χ3v) is 4.11. The predicted molar refractivity (Wildman–Crippen MR) is 72.7 cm³/mol. The molecule has 1 rings (SSSR count). The lowest BCUT2D eigenvalue weighted by Gasteiger charge is -2.21. The number of alkyl halides is 6. The van der Waals surface area contributed by atoms with Crippen molar-refractivity contribution in [2.45, 2.75) is 26.2 Å². The first-order chi connectivity index (χ1) is 11.7. The molecule has 1 heterocycles. The van der Waals surface area contributed by atoms with Crippen molar-refractivity contribution >= 4 is 13.8 Å². The number of phosphoric ester groups is 1. The Morgan fingerprint density at radius 1 is 1.12 bits per heavy atom. The lowest BCUT2D eigenvalue weighted by molar-refractivity contribution is -0.150. The van der Waals surface area contributed by atoms with Gasteiger partial charge in [0.1, 0.15) is 17.0 Å². The molecule has 0 aromatic carbocycles. The highest BCUT2D eigenvalue weighted by Gasteiger charge is 2.45. The number of rotatable bonds is 7. The van der Waals surface area contributed by atoms with E-state index in [1.807, 2.05) is 0 Å². The predicted octanol–water partition coefficient (Wildman–Crippen LogP) is 4.38. The van der Waals surface area contributed by atoms with Gasteiger partial charge in [0, 0.05) is 6.07 Å². The third-order valence-electron chi connectivity index (χ3n) is 2.54. The van der Waals surface area contributed by atoms with E-state index in [1.54, 1.807) is 0 Å². The summed E-state index contributed by atoms with van der Waals surface area (Å²) < 4.78 is 103. The molecular weight excluding hydrogens is 399 g/mol. The van der Waals surface area contributed by atoms with Crippen LogP contribution >= 0.6 is 7.82 Å². The van der Waals surface area contributed by atoms with Crippen LogP contribution in [-0.4, -0.2) is 29.3 Å². The van der Waals surface area contributed by atoms with Crippen molar-refractivity contribution in [1.29, 1.82) is 0 Å². The van der Waals surface area contributed by atoms with Crippen molar-refractivity contribution in [3.63, 3.8) is 0 Å². The first-order valence-electron chi connectivity index (χ1n) is 6.76. The van der Waals surface area contributed by atoms with Crippen LogP contribution in [0, 0.1) is 0 Å². The molecule has 0 aliphatic rings. The first-order valence-corrected chi connectivity index (χ1v) is 8.22. The fourth-order valence-electron chi connectivity index (χ4n) is 1.68. The zero-order valence-corrected chi connectivity index (χ0v) is 14.0. The van der Waals surface area contributed by atoms with E-state index in [0.717, 1.165) is 0 Å². The van der Waals surface area contributed by atoms with E-state index >= 15 is 0 Å². The summed E-state index contributed by atoms with van der Waals surface area (Å²) in [6, 6.07) is -0.122. The molecule has 26 heavy (non-hydrogen) atoms. The zero-order valence-electron chi connectivity index (χ0n) is 13.1. The largest absolute Gasteiger partial charge is 0.530 e. The molecule has 7 nitrogen and oxygen atoms in total. The summed E-state index contributed by atoms with van der Waals surface area (Å²) in [7, 11) is -4.68. The molecule has 0 aliphatic carbocycles. The zero-order chi connectivity index (χ0) is 20.3. The highest BCUT2D eigenvalue weighted by atomic mass is 31.2. The molecule has 0 saturated heterocycles. The van der Waals surface area contributed by atoms with Gasteiger partial charge in [0.25, 0.3) is 0 Å². The Bertz CT molecular complexity index is 709. The van der Waals surface area contributed by atoms with Gasteiger partial charge in [0.05, 0.1) is 13.2 Å². The molecule has 1 aromatic rings. The average Bonchev–Trinajstić information content (AvgIpc) is 2.44. The maximum Gasteiger partial charge on any atom is 0.530 e. The second kappa shape index (κ2) is 7.80. The van der Waals surface area contributed by atoms with E-state index in [-0.39, 0.29) is 19.3 Å². The Morgan fingerprint density at radius 3 is 1.96 bits per heavy atom. The monoisotopic (exact) mass is 411 g/mol. The van der Waals surface area contributed by atoms with Crippen molar-refractivity contribution < 1.29 is 54.4 Å². The van der Waals surface area contributed by atoms with Gasteiger partial charge < -0.3 is 9.63 Å². The molecule has 0 radical (unpaired) electrons. The van der Waals surface area contributed by atoms with E-state index in [9.17, 15) is 35.7 Å². The van der Waals surface area contributed by atoms with Crippen LogP contribution in [-0.2, 0) is 26.0 Å². The Kier molecular flexibility index (Phi) is 6.66. The smallest absolute Gasteiger partial charge is 0.477 e. The molecule has 0 atom stereocenters. The van der Waals surface area contributed by atoms with Gasteiger partial charge in [-0.05, 0) is 13.8 Å². The van der Waals surface area contributed by atoms with Crippen molar-refractivity contribution in [1.82, 2.24) is 4.98 Å². The topological polar surface area (TPSA) is 95.0 Å². The SMILES string of the molecule is CCOP(=O)(OCC)Oc1cc(C(F)(F)F)nc(C(F)(F)F)c1C(=O)O. The van der Waals surface area contributed by atoms with E-state index in [4.69, 9.17) is 5.11 Å². The van der Waals surface area contributed by atoms with Gasteiger partial charge in [0.15, 0.2) is 5.69 Å². The molecule has 0 fully saturated rings.